The highest BCUT2D eigenvalue weighted by atomic mass is 16.4. The molecule has 0 spiro atoms. The Kier molecular flexibility index (Phi) is 4.10. The minimum absolute atomic E-state index is 0.277. The Hall–Kier alpha value is -0.530. The van der Waals surface area contributed by atoms with E-state index in [1.165, 1.54) is 5.92 Å². The highest BCUT2D eigenvalue weighted by molar-refractivity contribution is 5.66. The molecule has 0 aliphatic heterocycles. The average molecular weight is 129 g/mol. The molecule has 0 rings (SSSR count). The highest BCUT2D eigenvalue weighted by Crippen LogP contribution is 2.10. The summed E-state index contributed by atoms with van der Waals surface area (Å²) < 4.78 is 0. The minimum Gasteiger partial charge on any atom is -0.481 e. The van der Waals surface area contributed by atoms with Crippen LogP contribution in [0.1, 0.15) is 33.1 Å². The molecule has 1 radical (unpaired) electrons. The van der Waals surface area contributed by atoms with E-state index in [0.29, 0.717) is 0 Å². The number of hydrogen-bond acceptors (Lipinski definition) is 1. The van der Waals surface area contributed by atoms with Crippen molar-refractivity contribution in [3.05, 3.63) is 5.92 Å². The number of aliphatic carboxylic acids is 1. The third-order valence-electron chi connectivity index (χ3n) is 1.37. The molecule has 0 aromatic carbocycles. The first-order valence-electron chi connectivity index (χ1n) is 3.20. The summed E-state index contributed by atoms with van der Waals surface area (Å²) in [5.74, 6) is 0.556. The number of rotatable bonds is 4. The molecule has 0 saturated carbocycles. The second kappa shape index (κ2) is 4.36. The zero-order chi connectivity index (χ0) is 7.28. The van der Waals surface area contributed by atoms with Crippen LogP contribution in [-0.2, 0) is 4.79 Å². The molecule has 53 valence electrons. The van der Waals surface area contributed by atoms with Gasteiger partial charge in [-0.25, -0.2) is 0 Å². The van der Waals surface area contributed by atoms with Crippen LogP contribution in [-0.4, -0.2) is 11.1 Å². The molecule has 0 heterocycles. The van der Waals surface area contributed by atoms with Gasteiger partial charge in [-0.1, -0.05) is 20.3 Å². The average Bonchev–Trinajstić information content (AvgIpc) is 1.83. The second-order valence-corrected chi connectivity index (χ2v) is 2.20. The van der Waals surface area contributed by atoms with Crippen LogP contribution in [0.25, 0.3) is 0 Å². The molecule has 0 unspecified atom stereocenters. The normalized spacial score (nSPS) is 10.1. The van der Waals surface area contributed by atoms with Crippen LogP contribution in [0.5, 0.6) is 0 Å². The molecular weight excluding hydrogens is 116 g/mol. The summed E-state index contributed by atoms with van der Waals surface area (Å²) in [6.45, 7) is 4.03. The van der Waals surface area contributed by atoms with Crippen molar-refractivity contribution in [3.63, 3.8) is 0 Å². The Morgan fingerprint density at radius 1 is 1.44 bits per heavy atom. The van der Waals surface area contributed by atoms with Gasteiger partial charge in [0.05, 0.1) is 0 Å². The van der Waals surface area contributed by atoms with Gasteiger partial charge in [-0.05, 0) is 12.3 Å². The summed E-state index contributed by atoms with van der Waals surface area (Å²) in [7, 11) is 0. The number of carboxylic acids is 1. The lowest BCUT2D eigenvalue weighted by Crippen LogP contribution is -1.97. The van der Waals surface area contributed by atoms with Gasteiger partial charge in [-0.2, -0.15) is 0 Å². The van der Waals surface area contributed by atoms with E-state index in [2.05, 4.69) is 0 Å². The van der Waals surface area contributed by atoms with E-state index in [9.17, 15) is 4.79 Å². The van der Waals surface area contributed by atoms with Crippen LogP contribution >= 0.6 is 0 Å². The Bertz CT molecular complexity index is 88.9. The fraction of sp³-hybridized carbons (Fsp3) is 0.714. The third-order valence-corrected chi connectivity index (χ3v) is 1.37. The lowest BCUT2D eigenvalue weighted by atomic mass is 10.0. The zero-order valence-corrected chi connectivity index (χ0v) is 5.98. The SMILES string of the molecule is CC[C](C)CCC(=O)O. The Labute approximate surface area is 55.9 Å². The van der Waals surface area contributed by atoms with Crippen molar-refractivity contribution in [1.82, 2.24) is 0 Å². The molecule has 0 amide bonds. The maximum atomic E-state index is 10.0. The summed E-state index contributed by atoms with van der Waals surface area (Å²) in [5.41, 5.74) is 0. The van der Waals surface area contributed by atoms with Crippen LogP contribution < -0.4 is 0 Å². The smallest absolute Gasteiger partial charge is 0.303 e. The first kappa shape index (κ1) is 8.47. The lowest BCUT2D eigenvalue weighted by Gasteiger charge is -2.02. The first-order valence-corrected chi connectivity index (χ1v) is 3.20. The van der Waals surface area contributed by atoms with Gasteiger partial charge in [0.2, 0.25) is 0 Å². The number of carbonyl (C=O) groups is 1. The van der Waals surface area contributed by atoms with E-state index in [1.807, 2.05) is 13.8 Å². The quantitative estimate of drug-likeness (QED) is 0.629. The van der Waals surface area contributed by atoms with Crippen LogP contribution in [0, 0.1) is 5.92 Å². The fourth-order valence-electron chi connectivity index (χ4n) is 0.497. The van der Waals surface area contributed by atoms with Gasteiger partial charge in [-0.3, -0.25) is 4.79 Å². The standard InChI is InChI=1S/C7H13O2/c1-3-6(2)4-5-7(8)9/h3-5H2,1-2H3,(H,8,9). The van der Waals surface area contributed by atoms with Gasteiger partial charge in [-0.15, -0.1) is 0 Å². The van der Waals surface area contributed by atoms with Gasteiger partial charge in [0.15, 0.2) is 0 Å². The van der Waals surface area contributed by atoms with Gasteiger partial charge in [0.25, 0.3) is 0 Å². The molecular formula is C7H13O2. The van der Waals surface area contributed by atoms with E-state index in [1.54, 1.807) is 0 Å². The minimum atomic E-state index is -0.706. The van der Waals surface area contributed by atoms with Crippen LogP contribution in [0.3, 0.4) is 0 Å². The van der Waals surface area contributed by atoms with Gasteiger partial charge < -0.3 is 5.11 Å². The summed E-state index contributed by atoms with van der Waals surface area (Å²) in [6.07, 6.45) is 2.00. The molecule has 0 bridgehead atoms. The van der Waals surface area contributed by atoms with E-state index in [-0.39, 0.29) is 6.42 Å². The summed E-state index contributed by atoms with van der Waals surface area (Å²) >= 11 is 0. The van der Waals surface area contributed by atoms with E-state index in [0.717, 1.165) is 12.8 Å². The predicted octanol–water partition coefficient (Wildman–Crippen LogP) is 1.86. The molecule has 9 heavy (non-hydrogen) atoms. The van der Waals surface area contributed by atoms with Crippen molar-refractivity contribution >= 4 is 5.97 Å². The summed E-state index contributed by atoms with van der Waals surface area (Å²) in [5, 5.41) is 8.24. The topological polar surface area (TPSA) is 37.3 Å². The van der Waals surface area contributed by atoms with Crippen LogP contribution in [0.15, 0.2) is 0 Å². The first-order chi connectivity index (χ1) is 4.16. The van der Waals surface area contributed by atoms with E-state index < -0.39 is 5.97 Å². The lowest BCUT2D eigenvalue weighted by molar-refractivity contribution is -0.137. The van der Waals surface area contributed by atoms with Crippen LogP contribution in [0.2, 0.25) is 0 Å². The zero-order valence-electron chi connectivity index (χ0n) is 5.98. The molecule has 0 aliphatic rings. The molecule has 0 saturated heterocycles. The van der Waals surface area contributed by atoms with Crippen molar-refractivity contribution in [3.8, 4) is 0 Å². The Balaban J connectivity index is 3.16. The molecule has 0 fully saturated rings. The van der Waals surface area contributed by atoms with Gasteiger partial charge in [0, 0.05) is 6.42 Å². The summed E-state index contributed by atoms with van der Waals surface area (Å²) in [6, 6.07) is 0. The number of carboxylic acid groups (broad SMARTS) is 1. The Morgan fingerprint density at radius 2 is 2.00 bits per heavy atom. The molecule has 1 N–H and O–H groups in total. The molecule has 2 heteroatoms. The number of hydrogen-bond donors (Lipinski definition) is 1. The van der Waals surface area contributed by atoms with Crippen molar-refractivity contribution in [1.29, 1.82) is 0 Å². The van der Waals surface area contributed by atoms with Crippen molar-refractivity contribution in [2.75, 3.05) is 0 Å². The second-order valence-electron chi connectivity index (χ2n) is 2.20. The Morgan fingerprint density at radius 3 is 2.33 bits per heavy atom. The van der Waals surface area contributed by atoms with Crippen molar-refractivity contribution < 1.29 is 9.90 Å². The maximum absolute atomic E-state index is 10.0. The van der Waals surface area contributed by atoms with Crippen molar-refractivity contribution in [2.24, 2.45) is 0 Å². The van der Waals surface area contributed by atoms with Crippen molar-refractivity contribution in [2.45, 2.75) is 33.1 Å². The predicted molar refractivity (Wildman–Crippen MR) is 36.1 cm³/mol. The van der Waals surface area contributed by atoms with E-state index >= 15 is 0 Å². The van der Waals surface area contributed by atoms with Gasteiger partial charge >= 0.3 is 5.97 Å². The van der Waals surface area contributed by atoms with E-state index in [4.69, 9.17) is 5.11 Å². The van der Waals surface area contributed by atoms with Crippen LogP contribution in [0.4, 0.5) is 0 Å². The molecule has 0 aliphatic carbocycles. The third kappa shape index (κ3) is 5.34. The summed E-state index contributed by atoms with van der Waals surface area (Å²) in [4.78, 5) is 10.0. The fourth-order valence-corrected chi connectivity index (χ4v) is 0.497. The molecule has 2 nitrogen and oxygen atoms in total. The maximum Gasteiger partial charge on any atom is 0.303 e. The largest absolute Gasteiger partial charge is 0.481 e. The monoisotopic (exact) mass is 129 g/mol. The molecule has 0 aromatic rings. The molecule has 0 aromatic heterocycles. The molecule has 0 atom stereocenters. The highest BCUT2D eigenvalue weighted by Gasteiger charge is 2.01. The van der Waals surface area contributed by atoms with Gasteiger partial charge in [0.1, 0.15) is 0 Å².